The molecule has 3 aromatic rings. The van der Waals surface area contributed by atoms with Gasteiger partial charge in [0.05, 0.1) is 30.8 Å². The zero-order valence-corrected chi connectivity index (χ0v) is 18.6. The van der Waals surface area contributed by atoms with E-state index in [0.29, 0.717) is 52.3 Å². The summed E-state index contributed by atoms with van der Waals surface area (Å²) in [7, 11) is 3.07. The lowest BCUT2D eigenvalue weighted by atomic mass is 9.86. The quantitative estimate of drug-likeness (QED) is 0.515. The number of aromatic amines is 1. The molecule has 5 nitrogen and oxygen atoms in total. The zero-order chi connectivity index (χ0) is 20.6. The number of halogens is 5. The van der Waals surface area contributed by atoms with Crippen molar-refractivity contribution in [2.75, 3.05) is 27.3 Å². The molecule has 2 N–H and O–H groups in total. The number of ether oxygens (including phenoxy) is 2. The van der Waals surface area contributed by atoms with E-state index in [2.05, 4.69) is 15.3 Å². The second-order valence-corrected chi connectivity index (χ2v) is 7.13. The average Bonchev–Trinajstić information content (AvgIpc) is 3.15. The van der Waals surface area contributed by atoms with Crippen LogP contribution in [-0.4, -0.2) is 37.3 Å². The van der Waals surface area contributed by atoms with E-state index in [-0.39, 0.29) is 30.7 Å². The van der Waals surface area contributed by atoms with Gasteiger partial charge in [-0.15, -0.1) is 24.8 Å². The molecule has 0 saturated carbocycles. The number of imidazole rings is 1. The molecule has 1 fully saturated rings. The summed E-state index contributed by atoms with van der Waals surface area (Å²) in [6.45, 7) is 1.44. The Labute approximate surface area is 190 Å². The van der Waals surface area contributed by atoms with E-state index in [0.717, 1.165) is 13.1 Å². The van der Waals surface area contributed by atoms with Crippen LogP contribution >= 0.6 is 24.8 Å². The lowest BCUT2D eigenvalue weighted by molar-refractivity contribution is -0.138. The molecule has 0 spiro atoms. The number of H-pyrrole nitrogens is 1. The van der Waals surface area contributed by atoms with E-state index in [1.54, 1.807) is 31.4 Å². The minimum atomic E-state index is -4.41. The summed E-state index contributed by atoms with van der Waals surface area (Å²) in [5.41, 5.74) is 1.34. The number of hydrogen-bond acceptors (Lipinski definition) is 4. The number of piperidine rings is 1. The number of alkyl halides is 3. The van der Waals surface area contributed by atoms with Crippen molar-refractivity contribution in [3.63, 3.8) is 0 Å². The van der Waals surface area contributed by atoms with Gasteiger partial charge >= 0.3 is 6.18 Å². The Morgan fingerprint density at radius 2 is 1.65 bits per heavy atom. The van der Waals surface area contributed by atoms with E-state index < -0.39 is 11.7 Å². The second kappa shape index (κ2) is 9.97. The number of fused-ring (bicyclic) bond motifs is 1. The van der Waals surface area contributed by atoms with E-state index in [1.165, 1.54) is 13.2 Å². The molecule has 10 heteroatoms. The van der Waals surface area contributed by atoms with E-state index >= 15 is 0 Å². The first-order valence-electron chi connectivity index (χ1n) is 9.44. The molecule has 0 aliphatic carbocycles. The molecule has 2 aromatic carbocycles. The van der Waals surface area contributed by atoms with Crippen molar-refractivity contribution in [1.29, 1.82) is 0 Å². The van der Waals surface area contributed by atoms with Crippen molar-refractivity contribution in [1.82, 2.24) is 15.3 Å². The summed E-state index contributed by atoms with van der Waals surface area (Å²) < 4.78 is 51.8. The molecule has 0 bridgehead atoms. The van der Waals surface area contributed by atoms with Crippen LogP contribution in [0, 0.1) is 0 Å². The topological polar surface area (TPSA) is 59.2 Å². The summed E-state index contributed by atoms with van der Waals surface area (Å²) in [5.74, 6) is 1.45. The first-order chi connectivity index (χ1) is 13.9. The second-order valence-electron chi connectivity index (χ2n) is 7.13. The fraction of sp³-hybridized carbons (Fsp3) is 0.381. The molecule has 1 aromatic heterocycles. The molecule has 170 valence electrons. The SMILES string of the molecule is COc1ccc(-c2nc3cc(C4CCNCC4)c(C(F)(F)F)cc3[nH]2)cc1OC.Cl.Cl. The third-order valence-electron chi connectivity index (χ3n) is 5.39. The van der Waals surface area contributed by atoms with Crippen molar-refractivity contribution >= 4 is 35.8 Å². The maximum Gasteiger partial charge on any atom is 0.416 e. The number of aromatic nitrogens is 2. The molecular formula is C21H24Cl2F3N3O2. The molecule has 1 aliphatic heterocycles. The largest absolute Gasteiger partial charge is 0.493 e. The van der Waals surface area contributed by atoms with Crippen LogP contribution in [0.25, 0.3) is 22.4 Å². The molecule has 4 rings (SSSR count). The zero-order valence-electron chi connectivity index (χ0n) is 17.0. The van der Waals surface area contributed by atoms with Crippen LogP contribution < -0.4 is 14.8 Å². The smallest absolute Gasteiger partial charge is 0.416 e. The highest BCUT2D eigenvalue weighted by molar-refractivity contribution is 5.85. The molecule has 31 heavy (non-hydrogen) atoms. The van der Waals surface area contributed by atoms with Gasteiger partial charge in [-0.3, -0.25) is 0 Å². The molecule has 0 atom stereocenters. The van der Waals surface area contributed by atoms with E-state index in [1.807, 2.05) is 0 Å². The number of methoxy groups -OCH3 is 2. The van der Waals surface area contributed by atoms with Gasteiger partial charge in [-0.1, -0.05) is 0 Å². The Morgan fingerprint density at radius 3 is 2.26 bits per heavy atom. The van der Waals surface area contributed by atoms with Crippen molar-refractivity contribution < 1.29 is 22.6 Å². The van der Waals surface area contributed by atoms with Crippen molar-refractivity contribution in [3.05, 3.63) is 41.5 Å². The van der Waals surface area contributed by atoms with Gasteiger partial charge in [0, 0.05) is 5.56 Å². The van der Waals surface area contributed by atoms with Gasteiger partial charge in [0.1, 0.15) is 5.82 Å². The number of nitrogens with zero attached hydrogens (tertiary/aromatic N) is 1. The summed E-state index contributed by atoms with van der Waals surface area (Å²) in [6.07, 6.45) is -3.05. The monoisotopic (exact) mass is 477 g/mol. The lowest BCUT2D eigenvalue weighted by Crippen LogP contribution is -2.27. The minimum Gasteiger partial charge on any atom is -0.493 e. The fourth-order valence-corrected chi connectivity index (χ4v) is 3.91. The van der Waals surface area contributed by atoms with Crippen LogP contribution in [0.1, 0.15) is 29.9 Å². The van der Waals surface area contributed by atoms with Crippen molar-refractivity contribution in [2.45, 2.75) is 24.9 Å². The Hall–Kier alpha value is -2.16. The van der Waals surface area contributed by atoms with Crippen LogP contribution in [0.15, 0.2) is 30.3 Å². The van der Waals surface area contributed by atoms with Crippen LogP contribution in [0.2, 0.25) is 0 Å². The summed E-state index contributed by atoms with van der Waals surface area (Å²) in [6, 6.07) is 8.05. The maximum absolute atomic E-state index is 13.8. The van der Waals surface area contributed by atoms with Crippen LogP contribution in [0.5, 0.6) is 11.5 Å². The number of benzene rings is 2. The summed E-state index contributed by atoms with van der Waals surface area (Å²) in [5, 5.41) is 3.20. The minimum absolute atomic E-state index is 0. The molecule has 2 heterocycles. The third-order valence-corrected chi connectivity index (χ3v) is 5.39. The Bertz CT molecular complexity index is 1030. The van der Waals surface area contributed by atoms with Gasteiger partial charge in [-0.25, -0.2) is 4.98 Å². The van der Waals surface area contributed by atoms with Gasteiger partial charge in [0.25, 0.3) is 0 Å². The highest BCUT2D eigenvalue weighted by Crippen LogP contribution is 2.40. The van der Waals surface area contributed by atoms with E-state index in [4.69, 9.17) is 9.47 Å². The van der Waals surface area contributed by atoms with Gasteiger partial charge in [-0.2, -0.15) is 13.2 Å². The first-order valence-corrected chi connectivity index (χ1v) is 9.44. The number of hydrogen-bond donors (Lipinski definition) is 2. The average molecular weight is 478 g/mol. The lowest BCUT2D eigenvalue weighted by Gasteiger charge is -2.25. The molecule has 1 aliphatic rings. The molecule has 0 amide bonds. The fourth-order valence-electron chi connectivity index (χ4n) is 3.91. The maximum atomic E-state index is 13.8. The van der Waals surface area contributed by atoms with Gasteiger partial charge in [0.15, 0.2) is 11.5 Å². The summed E-state index contributed by atoms with van der Waals surface area (Å²) >= 11 is 0. The highest BCUT2D eigenvalue weighted by atomic mass is 35.5. The Kier molecular flexibility index (Phi) is 8.08. The normalized spacial score (nSPS) is 14.6. The van der Waals surface area contributed by atoms with Crippen LogP contribution in [-0.2, 0) is 6.18 Å². The van der Waals surface area contributed by atoms with Gasteiger partial charge < -0.3 is 19.8 Å². The third kappa shape index (κ3) is 5.02. The van der Waals surface area contributed by atoms with Crippen molar-refractivity contribution in [3.8, 4) is 22.9 Å². The standard InChI is InChI=1S/C21H22F3N3O2.2ClH/c1-28-18-4-3-13(9-19(18)29-2)20-26-16-10-14(12-5-7-25-8-6-12)15(21(22,23)24)11-17(16)27-20;;/h3-4,9-12,25H,5-8H2,1-2H3,(H,26,27);2*1H. The molecule has 0 radical (unpaired) electrons. The van der Waals surface area contributed by atoms with Crippen LogP contribution in [0.4, 0.5) is 13.2 Å². The Morgan fingerprint density at radius 1 is 0.968 bits per heavy atom. The summed E-state index contributed by atoms with van der Waals surface area (Å²) in [4.78, 5) is 7.58. The van der Waals surface area contributed by atoms with Gasteiger partial charge in [-0.05, 0) is 67.7 Å². The van der Waals surface area contributed by atoms with Gasteiger partial charge in [0.2, 0.25) is 0 Å². The predicted molar refractivity (Wildman–Crippen MR) is 119 cm³/mol. The highest BCUT2D eigenvalue weighted by Gasteiger charge is 2.36. The number of rotatable bonds is 4. The first kappa shape index (κ1) is 25.1. The van der Waals surface area contributed by atoms with Crippen LogP contribution in [0.3, 0.4) is 0 Å². The van der Waals surface area contributed by atoms with E-state index in [9.17, 15) is 13.2 Å². The molecule has 1 saturated heterocycles. The molecular weight excluding hydrogens is 454 g/mol. The number of nitrogens with one attached hydrogen (secondary N) is 2. The predicted octanol–water partition coefficient (Wildman–Crippen LogP) is 5.58. The Balaban J connectivity index is 0.00000171. The van der Waals surface area contributed by atoms with Crippen molar-refractivity contribution in [2.24, 2.45) is 0 Å². The molecule has 0 unspecified atom stereocenters.